The summed E-state index contributed by atoms with van der Waals surface area (Å²) in [7, 11) is 3.02. The molecule has 1 N–H and O–H groups in total. The second-order valence-electron chi connectivity index (χ2n) is 5.67. The Bertz CT molecular complexity index is 1000. The number of nitrogens with one attached hydrogen (secondary N) is 1. The predicted octanol–water partition coefficient (Wildman–Crippen LogP) is 3.74. The molecule has 1 aliphatic heterocycles. The number of hydrogen-bond acceptors (Lipinski definition) is 5. The number of benzene rings is 2. The molecule has 0 spiro atoms. The van der Waals surface area contributed by atoms with E-state index in [4.69, 9.17) is 9.47 Å². The Kier molecular flexibility index (Phi) is 6.04. The number of barbiturate groups is 1. The molecular formula is C19H14BrIN2O5. The van der Waals surface area contributed by atoms with Gasteiger partial charge in [0, 0.05) is 4.47 Å². The average Bonchev–Trinajstić information content (AvgIpc) is 2.66. The highest BCUT2D eigenvalue weighted by molar-refractivity contribution is 14.1. The molecule has 1 saturated heterocycles. The molecule has 2 aromatic rings. The zero-order valence-electron chi connectivity index (χ0n) is 14.8. The van der Waals surface area contributed by atoms with Crippen LogP contribution in [0.5, 0.6) is 11.5 Å². The first-order valence-corrected chi connectivity index (χ1v) is 9.81. The molecule has 2 aromatic carbocycles. The van der Waals surface area contributed by atoms with Crippen LogP contribution in [0.4, 0.5) is 10.5 Å². The SMILES string of the molecule is COc1cc(/C=C2\C(=O)NC(=O)N(c3ccc(Br)cc3)C2=O)cc(I)c1OC. The molecule has 1 aliphatic rings. The average molecular weight is 557 g/mol. The maximum Gasteiger partial charge on any atom is 0.335 e. The molecule has 0 saturated carbocycles. The Morgan fingerprint density at radius 1 is 1.07 bits per heavy atom. The fourth-order valence-electron chi connectivity index (χ4n) is 2.67. The normalized spacial score (nSPS) is 15.6. The lowest BCUT2D eigenvalue weighted by molar-refractivity contribution is -0.122. The number of amides is 4. The third-order valence-electron chi connectivity index (χ3n) is 3.95. The highest BCUT2D eigenvalue weighted by Crippen LogP contribution is 2.34. The molecular weight excluding hydrogens is 543 g/mol. The molecule has 3 rings (SSSR count). The van der Waals surface area contributed by atoms with Gasteiger partial charge in [-0.25, -0.2) is 9.69 Å². The fourth-order valence-corrected chi connectivity index (χ4v) is 3.78. The van der Waals surface area contributed by atoms with Gasteiger partial charge in [-0.05, 0) is 70.6 Å². The van der Waals surface area contributed by atoms with Crippen molar-refractivity contribution in [3.63, 3.8) is 0 Å². The van der Waals surface area contributed by atoms with Gasteiger partial charge in [-0.2, -0.15) is 0 Å². The van der Waals surface area contributed by atoms with Crippen LogP contribution < -0.4 is 19.7 Å². The minimum atomic E-state index is -0.795. The molecule has 0 unspecified atom stereocenters. The van der Waals surface area contributed by atoms with E-state index >= 15 is 0 Å². The van der Waals surface area contributed by atoms with Crippen LogP contribution in [-0.4, -0.2) is 32.1 Å². The zero-order valence-corrected chi connectivity index (χ0v) is 18.5. The van der Waals surface area contributed by atoms with Crippen molar-refractivity contribution in [2.45, 2.75) is 0 Å². The van der Waals surface area contributed by atoms with Crippen molar-refractivity contribution in [1.82, 2.24) is 5.32 Å². The lowest BCUT2D eigenvalue weighted by Crippen LogP contribution is -2.54. The number of carbonyl (C=O) groups excluding carboxylic acids is 3. The van der Waals surface area contributed by atoms with E-state index in [9.17, 15) is 14.4 Å². The minimum Gasteiger partial charge on any atom is -0.493 e. The number of imide groups is 2. The van der Waals surface area contributed by atoms with Gasteiger partial charge in [-0.1, -0.05) is 15.9 Å². The maximum absolute atomic E-state index is 12.9. The van der Waals surface area contributed by atoms with Crippen LogP contribution in [0.25, 0.3) is 6.08 Å². The van der Waals surface area contributed by atoms with Gasteiger partial charge in [0.2, 0.25) is 0 Å². The minimum absolute atomic E-state index is 0.162. The van der Waals surface area contributed by atoms with Gasteiger partial charge in [0.1, 0.15) is 5.57 Å². The summed E-state index contributed by atoms with van der Waals surface area (Å²) in [6.45, 7) is 0. The van der Waals surface area contributed by atoms with E-state index in [2.05, 4.69) is 43.8 Å². The van der Waals surface area contributed by atoms with Crippen LogP contribution in [0.1, 0.15) is 5.56 Å². The monoisotopic (exact) mass is 556 g/mol. The lowest BCUT2D eigenvalue weighted by Gasteiger charge is -2.26. The van der Waals surface area contributed by atoms with E-state index < -0.39 is 17.8 Å². The van der Waals surface area contributed by atoms with Crippen molar-refractivity contribution < 1.29 is 23.9 Å². The Hall–Kier alpha value is -2.40. The summed E-state index contributed by atoms with van der Waals surface area (Å²) in [4.78, 5) is 38.4. The summed E-state index contributed by atoms with van der Waals surface area (Å²) in [6.07, 6.45) is 1.42. The number of rotatable bonds is 4. The second-order valence-corrected chi connectivity index (χ2v) is 7.75. The lowest BCUT2D eigenvalue weighted by atomic mass is 10.1. The van der Waals surface area contributed by atoms with Crippen molar-refractivity contribution >= 4 is 68.1 Å². The molecule has 0 radical (unpaired) electrons. The molecule has 0 bridgehead atoms. The number of anilines is 1. The summed E-state index contributed by atoms with van der Waals surface area (Å²) in [6, 6.07) is 9.21. The van der Waals surface area contributed by atoms with Crippen LogP contribution in [0, 0.1) is 3.57 Å². The number of nitrogens with zero attached hydrogens (tertiary/aromatic N) is 1. The largest absolute Gasteiger partial charge is 0.493 e. The van der Waals surface area contributed by atoms with Gasteiger partial charge < -0.3 is 9.47 Å². The standard InChI is InChI=1S/C19H14BrIN2O5/c1-27-15-9-10(8-14(21)16(15)28-2)7-13-17(24)22-19(26)23(18(13)25)12-5-3-11(20)4-6-12/h3-9H,1-2H3,(H,22,24,26)/b13-7+. The van der Waals surface area contributed by atoms with Gasteiger partial charge in [0.15, 0.2) is 11.5 Å². The molecule has 0 atom stereocenters. The molecule has 0 aliphatic carbocycles. The summed E-state index contributed by atoms with van der Waals surface area (Å²) in [5.41, 5.74) is 0.752. The van der Waals surface area contributed by atoms with Crippen molar-refractivity contribution in [3.05, 3.63) is 55.6 Å². The fraction of sp³-hybridized carbons (Fsp3) is 0.105. The van der Waals surface area contributed by atoms with E-state index in [1.54, 1.807) is 36.4 Å². The number of urea groups is 1. The van der Waals surface area contributed by atoms with Crippen molar-refractivity contribution in [3.8, 4) is 11.5 Å². The van der Waals surface area contributed by atoms with Gasteiger partial charge in [-0.3, -0.25) is 14.9 Å². The van der Waals surface area contributed by atoms with Crippen molar-refractivity contribution in [2.24, 2.45) is 0 Å². The van der Waals surface area contributed by atoms with E-state index in [0.717, 1.165) is 12.9 Å². The second kappa shape index (κ2) is 8.31. The first-order valence-electron chi connectivity index (χ1n) is 7.94. The third kappa shape index (κ3) is 3.90. The molecule has 4 amide bonds. The summed E-state index contributed by atoms with van der Waals surface area (Å²) < 4.78 is 12.1. The molecule has 9 heteroatoms. The summed E-state index contributed by atoms with van der Waals surface area (Å²) in [5.74, 6) is -0.448. The molecule has 1 heterocycles. The van der Waals surface area contributed by atoms with Gasteiger partial charge in [0.25, 0.3) is 11.8 Å². The van der Waals surface area contributed by atoms with Crippen molar-refractivity contribution in [1.29, 1.82) is 0 Å². The van der Waals surface area contributed by atoms with Crippen LogP contribution in [0.15, 0.2) is 46.4 Å². The van der Waals surface area contributed by atoms with Crippen molar-refractivity contribution in [2.75, 3.05) is 19.1 Å². The quantitative estimate of drug-likeness (QED) is 0.352. The first kappa shape index (κ1) is 20.3. The first-order chi connectivity index (χ1) is 13.3. The van der Waals surface area contributed by atoms with E-state index in [0.29, 0.717) is 22.7 Å². The number of carbonyl (C=O) groups is 3. The van der Waals surface area contributed by atoms with Crippen LogP contribution in [0.2, 0.25) is 0 Å². The van der Waals surface area contributed by atoms with Gasteiger partial charge >= 0.3 is 6.03 Å². The van der Waals surface area contributed by atoms with Gasteiger partial charge in [0.05, 0.1) is 23.5 Å². The number of hydrogen-bond donors (Lipinski definition) is 1. The smallest absolute Gasteiger partial charge is 0.335 e. The van der Waals surface area contributed by atoms with Crippen LogP contribution in [-0.2, 0) is 9.59 Å². The topological polar surface area (TPSA) is 84.9 Å². The third-order valence-corrected chi connectivity index (χ3v) is 5.28. The van der Waals surface area contributed by atoms with Gasteiger partial charge in [-0.15, -0.1) is 0 Å². The zero-order chi connectivity index (χ0) is 20.4. The van der Waals surface area contributed by atoms with Crippen LogP contribution >= 0.6 is 38.5 Å². The van der Waals surface area contributed by atoms with E-state index in [1.165, 1.54) is 20.3 Å². The molecule has 1 fully saturated rings. The maximum atomic E-state index is 12.9. The Balaban J connectivity index is 2.04. The number of halogens is 2. The van der Waals surface area contributed by atoms with E-state index in [1.807, 2.05) is 0 Å². The Morgan fingerprint density at radius 3 is 2.36 bits per heavy atom. The predicted molar refractivity (Wildman–Crippen MR) is 115 cm³/mol. The highest BCUT2D eigenvalue weighted by atomic mass is 127. The number of ether oxygens (including phenoxy) is 2. The molecule has 7 nitrogen and oxygen atoms in total. The molecule has 28 heavy (non-hydrogen) atoms. The summed E-state index contributed by atoms with van der Waals surface area (Å²) >= 11 is 5.38. The summed E-state index contributed by atoms with van der Waals surface area (Å²) in [5, 5.41) is 2.20. The Labute approximate surface area is 182 Å². The highest BCUT2D eigenvalue weighted by Gasteiger charge is 2.36. The van der Waals surface area contributed by atoms with E-state index in [-0.39, 0.29) is 5.57 Å². The molecule has 0 aromatic heterocycles. The number of methoxy groups -OCH3 is 2. The molecule has 144 valence electrons. The van der Waals surface area contributed by atoms with Crippen LogP contribution in [0.3, 0.4) is 0 Å². The Morgan fingerprint density at radius 2 is 1.75 bits per heavy atom.